The molecule has 0 saturated carbocycles. The molecule has 0 fully saturated rings. The van der Waals surface area contributed by atoms with E-state index >= 15 is 0 Å². The number of primary amides is 1. The first-order valence-electron chi connectivity index (χ1n) is 6.45. The summed E-state index contributed by atoms with van der Waals surface area (Å²) in [5.41, 5.74) is 8.98. The van der Waals surface area contributed by atoms with Crippen molar-refractivity contribution in [3.63, 3.8) is 0 Å². The zero-order valence-electron chi connectivity index (χ0n) is 11.6. The third-order valence-electron chi connectivity index (χ3n) is 3.19. The summed E-state index contributed by atoms with van der Waals surface area (Å²) in [7, 11) is 0. The number of anilines is 1. The predicted molar refractivity (Wildman–Crippen MR) is 78.2 cm³/mol. The van der Waals surface area contributed by atoms with E-state index in [9.17, 15) is 4.79 Å². The number of rotatable bonds is 5. The Kier molecular flexibility index (Phi) is 4.37. The lowest BCUT2D eigenvalue weighted by atomic mass is 10.1. The maximum Gasteiger partial charge on any atom is 0.316 e. The first-order chi connectivity index (χ1) is 9.56. The molecule has 1 heterocycles. The molecule has 0 saturated heterocycles. The van der Waals surface area contributed by atoms with Crippen molar-refractivity contribution in [2.45, 2.75) is 26.4 Å². The number of nitrogens with one attached hydrogen (secondary N) is 3. The van der Waals surface area contributed by atoms with Gasteiger partial charge in [-0.25, -0.2) is 9.78 Å². The van der Waals surface area contributed by atoms with Gasteiger partial charge >= 0.3 is 6.03 Å². The van der Waals surface area contributed by atoms with Crippen molar-refractivity contribution in [1.82, 2.24) is 15.3 Å². The molecule has 106 valence electrons. The fourth-order valence-corrected chi connectivity index (χ4v) is 1.93. The Hall–Kier alpha value is -2.34. The molecule has 2 aromatic rings. The van der Waals surface area contributed by atoms with Crippen LogP contribution in [0.2, 0.25) is 0 Å². The number of nitrogens with two attached hydrogens (primary N) is 1. The first-order valence-corrected chi connectivity index (χ1v) is 6.45. The van der Waals surface area contributed by atoms with E-state index in [-0.39, 0.29) is 6.04 Å². The Bertz CT molecular complexity index is 576. The molecule has 2 rings (SSSR count). The van der Waals surface area contributed by atoms with Gasteiger partial charge in [-0.2, -0.15) is 0 Å². The van der Waals surface area contributed by atoms with Crippen LogP contribution in [-0.2, 0) is 6.54 Å². The number of hydrogen-bond donors (Lipinski definition) is 4. The number of amides is 2. The summed E-state index contributed by atoms with van der Waals surface area (Å²) in [6, 6.07) is 7.21. The van der Waals surface area contributed by atoms with Gasteiger partial charge in [0.15, 0.2) is 0 Å². The van der Waals surface area contributed by atoms with Crippen LogP contribution in [0.3, 0.4) is 0 Å². The second-order valence-electron chi connectivity index (χ2n) is 4.69. The normalized spacial score (nSPS) is 12.1. The summed E-state index contributed by atoms with van der Waals surface area (Å²) in [4.78, 5) is 18.0. The van der Waals surface area contributed by atoms with E-state index in [1.54, 1.807) is 6.33 Å². The average molecular weight is 273 g/mol. The molecule has 1 aromatic heterocycles. The van der Waals surface area contributed by atoms with Gasteiger partial charge in [0.2, 0.25) is 0 Å². The highest BCUT2D eigenvalue weighted by atomic mass is 16.2. The highest BCUT2D eigenvalue weighted by Crippen LogP contribution is 2.16. The second-order valence-corrected chi connectivity index (χ2v) is 4.69. The van der Waals surface area contributed by atoms with Crippen LogP contribution in [0.25, 0.3) is 0 Å². The number of nitrogens with zero attached hydrogens (tertiary/aromatic N) is 1. The van der Waals surface area contributed by atoms with Crippen LogP contribution < -0.4 is 16.4 Å². The van der Waals surface area contributed by atoms with Gasteiger partial charge in [0.25, 0.3) is 0 Å². The van der Waals surface area contributed by atoms with E-state index < -0.39 is 6.03 Å². The SMILES string of the molecule is Cc1[nH]cnc1CNC(C)c1ccc(NC(N)=O)cc1. The van der Waals surface area contributed by atoms with Gasteiger partial charge < -0.3 is 21.4 Å². The fraction of sp³-hybridized carbons (Fsp3) is 0.286. The molecule has 0 aliphatic carbocycles. The number of aromatic nitrogens is 2. The lowest BCUT2D eigenvalue weighted by Crippen LogP contribution is -2.20. The number of aromatic amines is 1. The third-order valence-corrected chi connectivity index (χ3v) is 3.19. The number of hydrogen-bond acceptors (Lipinski definition) is 3. The van der Waals surface area contributed by atoms with Crippen LogP contribution in [0.5, 0.6) is 0 Å². The lowest BCUT2D eigenvalue weighted by molar-refractivity contribution is 0.259. The van der Waals surface area contributed by atoms with Crippen molar-refractivity contribution in [3.8, 4) is 0 Å². The van der Waals surface area contributed by atoms with Crippen molar-refractivity contribution >= 4 is 11.7 Å². The molecule has 1 aromatic carbocycles. The number of H-pyrrole nitrogens is 1. The standard InChI is InChI=1S/C14H19N5O/c1-9(16-7-13-10(2)17-8-18-13)11-3-5-12(6-4-11)19-14(15)20/h3-6,8-9,16H,7H2,1-2H3,(H,17,18)(H3,15,19,20). The van der Waals surface area contributed by atoms with Crippen molar-refractivity contribution in [2.24, 2.45) is 5.73 Å². The minimum absolute atomic E-state index is 0.189. The monoisotopic (exact) mass is 273 g/mol. The molecule has 0 radical (unpaired) electrons. The number of benzene rings is 1. The van der Waals surface area contributed by atoms with Gasteiger partial charge in [-0.05, 0) is 31.5 Å². The maximum atomic E-state index is 10.7. The van der Waals surface area contributed by atoms with Crippen molar-refractivity contribution in [3.05, 3.63) is 47.5 Å². The van der Waals surface area contributed by atoms with Gasteiger partial charge in [0, 0.05) is 24.0 Å². The molecule has 0 spiro atoms. The molecule has 0 aliphatic heterocycles. The average Bonchev–Trinajstić information content (AvgIpc) is 2.82. The first kappa shape index (κ1) is 14.1. The highest BCUT2D eigenvalue weighted by molar-refractivity contribution is 5.87. The van der Waals surface area contributed by atoms with Crippen molar-refractivity contribution in [1.29, 1.82) is 0 Å². The fourth-order valence-electron chi connectivity index (χ4n) is 1.93. The smallest absolute Gasteiger partial charge is 0.316 e. The molecular formula is C14H19N5O. The van der Waals surface area contributed by atoms with E-state index in [1.165, 1.54) is 0 Å². The summed E-state index contributed by atoms with van der Waals surface area (Å²) >= 11 is 0. The Labute approximate surface area is 117 Å². The minimum atomic E-state index is -0.557. The topological polar surface area (TPSA) is 95.8 Å². The summed E-state index contributed by atoms with van der Waals surface area (Å²) in [5, 5.41) is 5.94. The number of aryl methyl sites for hydroxylation is 1. The molecule has 1 atom stereocenters. The second kappa shape index (κ2) is 6.21. The Balaban J connectivity index is 1.93. The van der Waals surface area contributed by atoms with Crippen LogP contribution in [0.1, 0.15) is 29.9 Å². The summed E-state index contributed by atoms with van der Waals surface area (Å²) < 4.78 is 0. The minimum Gasteiger partial charge on any atom is -0.351 e. The maximum absolute atomic E-state index is 10.7. The summed E-state index contributed by atoms with van der Waals surface area (Å²) in [6.07, 6.45) is 1.70. The van der Waals surface area contributed by atoms with Crippen LogP contribution in [-0.4, -0.2) is 16.0 Å². The van der Waals surface area contributed by atoms with E-state index in [0.717, 1.165) is 17.0 Å². The summed E-state index contributed by atoms with van der Waals surface area (Å²) in [6.45, 7) is 4.79. The quantitative estimate of drug-likeness (QED) is 0.671. The van der Waals surface area contributed by atoms with E-state index in [4.69, 9.17) is 5.73 Å². The Morgan fingerprint density at radius 2 is 2.10 bits per heavy atom. The number of imidazole rings is 1. The van der Waals surface area contributed by atoms with Gasteiger partial charge in [-0.1, -0.05) is 12.1 Å². The van der Waals surface area contributed by atoms with E-state index in [0.29, 0.717) is 12.2 Å². The molecular weight excluding hydrogens is 254 g/mol. The molecule has 6 heteroatoms. The Morgan fingerprint density at radius 3 is 2.65 bits per heavy atom. The Morgan fingerprint density at radius 1 is 1.40 bits per heavy atom. The van der Waals surface area contributed by atoms with Crippen LogP contribution in [0.15, 0.2) is 30.6 Å². The number of carbonyl (C=O) groups excluding carboxylic acids is 1. The van der Waals surface area contributed by atoms with E-state index in [2.05, 4.69) is 27.5 Å². The molecule has 2 amide bonds. The predicted octanol–water partition coefficient (Wildman–Crippen LogP) is 2.06. The van der Waals surface area contributed by atoms with E-state index in [1.807, 2.05) is 31.2 Å². The number of carbonyl (C=O) groups is 1. The largest absolute Gasteiger partial charge is 0.351 e. The van der Waals surface area contributed by atoms with Gasteiger partial charge in [0.05, 0.1) is 12.0 Å². The third kappa shape index (κ3) is 3.58. The lowest BCUT2D eigenvalue weighted by Gasteiger charge is -2.14. The molecule has 20 heavy (non-hydrogen) atoms. The van der Waals surface area contributed by atoms with Crippen molar-refractivity contribution in [2.75, 3.05) is 5.32 Å². The molecule has 1 unspecified atom stereocenters. The molecule has 0 aliphatic rings. The molecule has 0 bridgehead atoms. The zero-order chi connectivity index (χ0) is 14.5. The van der Waals surface area contributed by atoms with Crippen molar-refractivity contribution < 1.29 is 4.79 Å². The zero-order valence-corrected chi connectivity index (χ0v) is 11.6. The van der Waals surface area contributed by atoms with Crippen LogP contribution >= 0.6 is 0 Å². The molecule has 5 N–H and O–H groups in total. The molecule has 6 nitrogen and oxygen atoms in total. The summed E-state index contributed by atoms with van der Waals surface area (Å²) in [5.74, 6) is 0. The van der Waals surface area contributed by atoms with Gasteiger partial charge in [-0.3, -0.25) is 0 Å². The van der Waals surface area contributed by atoms with Crippen LogP contribution in [0, 0.1) is 6.92 Å². The highest BCUT2D eigenvalue weighted by Gasteiger charge is 2.07. The van der Waals surface area contributed by atoms with Gasteiger partial charge in [0.1, 0.15) is 0 Å². The van der Waals surface area contributed by atoms with Gasteiger partial charge in [-0.15, -0.1) is 0 Å². The van der Waals surface area contributed by atoms with Crippen LogP contribution in [0.4, 0.5) is 10.5 Å². The number of urea groups is 1.